The van der Waals surface area contributed by atoms with Gasteiger partial charge >= 0.3 is 0 Å². The summed E-state index contributed by atoms with van der Waals surface area (Å²) < 4.78 is 27.1. The monoisotopic (exact) mass is 489 g/mol. The molecule has 0 radical (unpaired) electrons. The zero-order valence-electron chi connectivity index (χ0n) is 17.8. The molecule has 4 rings (SSSR count). The number of nitrogens with one attached hydrogen (secondary N) is 1. The third-order valence-corrected chi connectivity index (χ3v) is 8.59. The minimum atomic E-state index is -3.59. The lowest BCUT2D eigenvalue weighted by Gasteiger charge is -2.30. The molecule has 1 amide bonds. The van der Waals surface area contributed by atoms with Gasteiger partial charge in [0.25, 0.3) is 0 Å². The Morgan fingerprint density at radius 3 is 2.47 bits per heavy atom. The summed E-state index contributed by atoms with van der Waals surface area (Å²) in [5.74, 6) is -0.366. The number of rotatable bonds is 5. The maximum absolute atomic E-state index is 12.8. The van der Waals surface area contributed by atoms with Gasteiger partial charge in [0.2, 0.25) is 15.9 Å². The Kier molecular flexibility index (Phi) is 6.67. The van der Waals surface area contributed by atoms with Gasteiger partial charge in [0.05, 0.1) is 10.6 Å². The van der Waals surface area contributed by atoms with E-state index in [4.69, 9.17) is 11.6 Å². The van der Waals surface area contributed by atoms with Gasteiger partial charge in [-0.3, -0.25) is 4.79 Å². The number of carbonyl (C=O) groups is 1. The highest BCUT2D eigenvalue weighted by molar-refractivity contribution is 7.89. The lowest BCUT2D eigenvalue weighted by Crippen LogP contribution is -2.41. The van der Waals surface area contributed by atoms with E-state index >= 15 is 0 Å². The first-order valence-electron chi connectivity index (χ1n) is 10.3. The summed E-state index contributed by atoms with van der Waals surface area (Å²) in [7, 11) is -3.59. The molecule has 0 aliphatic carbocycles. The lowest BCUT2D eigenvalue weighted by atomic mass is 9.97. The number of aryl methyl sites for hydroxylation is 2. The summed E-state index contributed by atoms with van der Waals surface area (Å²) in [5.41, 5.74) is 4.22. The number of benzene rings is 2. The molecule has 1 fully saturated rings. The molecule has 2 aromatic carbocycles. The van der Waals surface area contributed by atoms with Crippen molar-refractivity contribution in [1.29, 1.82) is 0 Å². The second-order valence-electron chi connectivity index (χ2n) is 7.98. The fraction of sp³-hybridized carbons (Fsp3) is 0.304. The van der Waals surface area contributed by atoms with E-state index in [1.807, 2.05) is 24.4 Å². The van der Waals surface area contributed by atoms with Crippen LogP contribution in [-0.4, -0.2) is 36.7 Å². The molecule has 9 heteroatoms. The van der Waals surface area contributed by atoms with Gasteiger partial charge in [-0.25, -0.2) is 13.4 Å². The summed E-state index contributed by atoms with van der Waals surface area (Å²) in [6.45, 7) is 4.70. The van der Waals surface area contributed by atoms with E-state index in [9.17, 15) is 13.2 Å². The topological polar surface area (TPSA) is 79.4 Å². The van der Waals surface area contributed by atoms with Crippen molar-refractivity contribution >= 4 is 44.0 Å². The van der Waals surface area contributed by atoms with Crippen molar-refractivity contribution in [2.75, 3.05) is 18.4 Å². The number of amides is 1. The maximum Gasteiger partial charge on any atom is 0.243 e. The molecule has 0 bridgehead atoms. The van der Waals surface area contributed by atoms with Crippen LogP contribution in [0.15, 0.2) is 52.7 Å². The molecule has 168 valence electrons. The number of hydrogen-bond donors (Lipinski definition) is 1. The van der Waals surface area contributed by atoms with Crippen molar-refractivity contribution in [3.63, 3.8) is 0 Å². The Bertz CT molecular complexity index is 1230. The van der Waals surface area contributed by atoms with Crippen LogP contribution in [0.2, 0.25) is 5.02 Å². The molecule has 1 aliphatic heterocycles. The van der Waals surface area contributed by atoms with Crippen LogP contribution in [0, 0.1) is 19.8 Å². The van der Waals surface area contributed by atoms with E-state index in [-0.39, 0.29) is 16.7 Å². The van der Waals surface area contributed by atoms with Crippen molar-refractivity contribution in [3.8, 4) is 11.3 Å². The molecule has 2 heterocycles. The fourth-order valence-corrected chi connectivity index (χ4v) is 6.19. The number of sulfonamides is 1. The molecule has 0 spiro atoms. The third kappa shape index (κ3) is 4.88. The van der Waals surface area contributed by atoms with Crippen molar-refractivity contribution in [3.05, 3.63) is 64.0 Å². The molecule has 1 aromatic heterocycles. The van der Waals surface area contributed by atoms with Crippen molar-refractivity contribution in [2.24, 2.45) is 5.92 Å². The molecule has 0 saturated carbocycles. The quantitative estimate of drug-likeness (QED) is 0.539. The number of halogens is 1. The van der Waals surface area contributed by atoms with Crippen molar-refractivity contribution < 1.29 is 13.2 Å². The number of hydrogen-bond acceptors (Lipinski definition) is 5. The zero-order valence-corrected chi connectivity index (χ0v) is 20.2. The number of aromatic nitrogens is 1. The van der Waals surface area contributed by atoms with Gasteiger partial charge in [-0.1, -0.05) is 35.4 Å². The van der Waals surface area contributed by atoms with Crippen molar-refractivity contribution in [1.82, 2.24) is 9.29 Å². The number of piperidine rings is 1. The molecule has 1 aliphatic rings. The Hall–Kier alpha value is -2.26. The fourth-order valence-electron chi connectivity index (χ4n) is 3.88. The first-order chi connectivity index (χ1) is 15.2. The highest BCUT2D eigenvalue weighted by Gasteiger charge is 2.32. The van der Waals surface area contributed by atoms with Crippen LogP contribution in [0.3, 0.4) is 0 Å². The number of nitrogens with zero attached hydrogens (tertiary/aromatic N) is 2. The number of carbonyl (C=O) groups excluding carboxylic acids is 1. The van der Waals surface area contributed by atoms with Crippen LogP contribution in [0.4, 0.5) is 5.13 Å². The summed E-state index contributed by atoms with van der Waals surface area (Å²) >= 11 is 7.25. The second kappa shape index (κ2) is 9.31. The van der Waals surface area contributed by atoms with E-state index in [1.165, 1.54) is 33.3 Å². The third-order valence-electron chi connectivity index (χ3n) is 5.67. The summed E-state index contributed by atoms with van der Waals surface area (Å²) in [5, 5.41) is 5.89. The first kappa shape index (κ1) is 22.9. The maximum atomic E-state index is 12.8. The SMILES string of the molecule is Cc1ccc(-c2csc(NC(=O)C3CCN(S(=O)(=O)c4ccc(Cl)cc4)CC3)n2)c(C)c1. The minimum absolute atomic E-state index is 0.116. The van der Waals surface area contributed by atoms with Crippen LogP contribution in [0.25, 0.3) is 11.3 Å². The summed E-state index contributed by atoms with van der Waals surface area (Å²) in [6, 6.07) is 12.3. The average molecular weight is 490 g/mol. The Labute approximate surface area is 197 Å². The summed E-state index contributed by atoms with van der Waals surface area (Å²) in [6.07, 6.45) is 0.932. The Morgan fingerprint density at radius 2 is 1.81 bits per heavy atom. The van der Waals surface area contributed by atoms with E-state index < -0.39 is 10.0 Å². The van der Waals surface area contributed by atoms with Crippen LogP contribution < -0.4 is 5.32 Å². The van der Waals surface area contributed by atoms with Gasteiger partial charge in [-0.2, -0.15) is 4.31 Å². The van der Waals surface area contributed by atoms with Crippen LogP contribution in [0.1, 0.15) is 24.0 Å². The minimum Gasteiger partial charge on any atom is -0.302 e. The van der Waals surface area contributed by atoms with Gasteiger partial charge in [0.1, 0.15) is 0 Å². The predicted molar refractivity (Wildman–Crippen MR) is 129 cm³/mol. The molecular formula is C23H24ClN3O3S2. The molecule has 32 heavy (non-hydrogen) atoms. The predicted octanol–water partition coefficient (Wildman–Crippen LogP) is 5.12. The van der Waals surface area contributed by atoms with Gasteiger partial charge in [0, 0.05) is 35.0 Å². The van der Waals surface area contributed by atoms with Gasteiger partial charge in [-0.05, 0) is 56.5 Å². The van der Waals surface area contributed by atoms with Gasteiger partial charge < -0.3 is 5.32 Å². The number of anilines is 1. The molecule has 3 aromatic rings. The Morgan fingerprint density at radius 1 is 1.12 bits per heavy atom. The first-order valence-corrected chi connectivity index (χ1v) is 13.0. The van der Waals surface area contributed by atoms with E-state index in [0.29, 0.717) is 36.1 Å². The van der Waals surface area contributed by atoms with E-state index in [2.05, 4.69) is 23.3 Å². The molecule has 0 atom stereocenters. The Balaban J connectivity index is 1.37. The molecule has 1 saturated heterocycles. The van der Waals surface area contributed by atoms with Crippen molar-refractivity contribution in [2.45, 2.75) is 31.6 Å². The van der Waals surface area contributed by atoms with E-state index in [1.54, 1.807) is 12.1 Å². The van der Waals surface area contributed by atoms with Gasteiger partial charge in [-0.15, -0.1) is 11.3 Å². The average Bonchev–Trinajstić information content (AvgIpc) is 3.22. The van der Waals surface area contributed by atoms with Gasteiger partial charge in [0.15, 0.2) is 5.13 Å². The molecule has 0 unspecified atom stereocenters. The molecule has 1 N–H and O–H groups in total. The highest BCUT2D eigenvalue weighted by atomic mass is 35.5. The summed E-state index contributed by atoms with van der Waals surface area (Å²) in [4.78, 5) is 17.6. The zero-order chi connectivity index (χ0) is 22.9. The molecule has 6 nitrogen and oxygen atoms in total. The lowest BCUT2D eigenvalue weighted by molar-refractivity contribution is -0.120. The smallest absolute Gasteiger partial charge is 0.243 e. The highest BCUT2D eigenvalue weighted by Crippen LogP contribution is 2.30. The normalized spacial score (nSPS) is 15.6. The number of thiazole rings is 1. The van der Waals surface area contributed by atoms with Crippen LogP contribution >= 0.6 is 22.9 Å². The largest absolute Gasteiger partial charge is 0.302 e. The molecular weight excluding hydrogens is 466 g/mol. The van der Waals surface area contributed by atoms with E-state index in [0.717, 1.165) is 16.8 Å². The standard InChI is InChI=1S/C23H24ClN3O3S2/c1-15-3-8-20(16(2)13-15)21-14-31-23(25-21)26-22(28)17-9-11-27(12-10-17)32(29,30)19-6-4-18(24)5-7-19/h3-8,13-14,17H,9-12H2,1-2H3,(H,25,26,28). The second-order valence-corrected chi connectivity index (χ2v) is 11.2. The van der Waals surface area contributed by atoms with Crippen LogP contribution in [0.5, 0.6) is 0 Å². The van der Waals surface area contributed by atoms with Crippen LogP contribution in [-0.2, 0) is 14.8 Å².